The fraction of sp³-hybridized carbons (Fsp3) is 0.316. The standard InChI is InChI=1S/C19H22O3/c1-18(2,3)22-17(20)19(21-4,15-11-7-5-8-12-15)16-13-9-6-10-14-16/h5-14H,1-4H3. The van der Waals surface area contributed by atoms with Gasteiger partial charge in [0.1, 0.15) is 5.60 Å². The fourth-order valence-corrected chi connectivity index (χ4v) is 2.42. The molecule has 0 bridgehead atoms. The van der Waals surface area contributed by atoms with E-state index in [9.17, 15) is 4.79 Å². The molecule has 2 aromatic carbocycles. The van der Waals surface area contributed by atoms with Crippen molar-refractivity contribution in [3.63, 3.8) is 0 Å². The van der Waals surface area contributed by atoms with Crippen molar-refractivity contribution in [3.05, 3.63) is 71.8 Å². The minimum atomic E-state index is -1.27. The van der Waals surface area contributed by atoms with Gasteiger partial charge < -0.3 is 9.47 Å². The number of carbonyl (C=O) groups is 1. The topological polar surface area (TPSA) is 35.5 Å². The van der Waals surface area contributed by atoms with Crippen LogP contribution in [0.5, 0.6) is 0 Å². The van der Waals surface area contributed by atoms with Crippen molar-refractivity contribution >= 4 is 5.97 Å². The Morgan fingerprint density at radius 2 is 1.23 bits per heavy atom. The summed E-state index contributed by atoms with van der Waals surface area (Å²) in [4.78, 5) is 13.0. The molecule has 3 heteroatoms. The highest BCUT2D eigenvalue weighted by atomic mass is 16.6. The smallest absolute Gasteiger partial charge is 0.348 e. The molecule has 0 saturated heterocycles. The monoisotopic (exact) mass is 298 g/mol. The molecule has 0 heterocycles. The molecular formula is C19H22O3. The highest BCUT2D eigenvalue weighted by Crippen LogP contribution is 2.35. The molecule has 0 amide bonds. The van der Waals surface area contributed by atoms with Crippen LogP contribution >= 0.6 is 0 Å². The van der Waals surface area contributed by atoms with E-state index in [4.69, 9.17) is 9.47 Å². The van der Waals surface area contributed by atoms with Gasteiger partial charge in [-0.3, -0.25) is 0 Å². The molecule has 0 saturated carbocycles. The lowest BCUT2D eigenvalue weighted by molar-refractivity contribution is -0.177. The number of carbonyl (C=O) groups excluding carboxylic acids is 1. The molecular weight excluding hydrogens is 276 g/mol. The Bertz CT molecular complexity index is 573. The summed E-state index contributed by atoms with van der Waals surface area (Å²) in [5.41, 5.74) is -0.365. The molecule has 0 spiro atoms. The minimum absolute atomic E-state index is 0.417. The van der Waals surface area contributed by atoms with E-state index in [2.05, 4.69) is 0 Å². The van der Waals surface area contributed by atoms with E-state index >= 15 is 0 Å². The summed E-state index contributed by atoms with van der Waals surface area (Å²) in [5.74, 6) is -0.417. The predicted octanol–water partition coefficient (Wildman–Crippen LogP) is 3.92. The minimum Gasteiger partial charge on any atom is -0.457 e. The van der Waals surface area contributed by atoms with Crippen LogP contribution < -0.4 is 0 Å². The first kappa shape index (κ1) is 16.2. The van der Waals surface area contributed by atoms with Crippen LogP contribution in [0.4, 0.5) is 0 Å². The predicted molar refractivity (Wildman–Crippen MR) is 86.5 cm³/mol. The van der Waals surface area contributed by atoms with Crippen LogP contribution in [0.1, 0.15) is 31.9 Å². The highest BCUT2D eigenvalue weighted by molar-refractivity contribution is 5.86. The molecule has 0 radical (unpaired) electrons. The number of esters is 1. The fourth-order valence-electron chi connectivity index (χ4n) is 2.42. The zero-order valence-corrected chi connectivity index (χ0v) is 13.5. The molecule has 116 valence electrons. The van der Waals surface area contributed by atoms with Gasteiger partial charge in [0.25, 0.3) is 0 Å². The first-order valence-electron chi connectivity index (χ1n) is 7.30. The van der Waals surface area contributed by atoms with Crippen molar-refractivity contribution in [1.82, 2.24) is 0 Å². The maximum Gasteiger partial charge on any atom is 0.348 e. The van der Waals surface area contributed by atoms with Gasteiger partial charge in [-0.15, -0.1) is 0 Å². The van der Waals surface area contributed by atoms with Crippen LogP contribution in [-0.2, 0) is 19.9 Å². The Kier molecular flexibility index (Phi) is 4.67. The number of methoxy groups -OCH3 is 1. The van der Waals surface area contributed by atoms with Crippen LogP contribution in [0.2, 0.25) is 0 Å². The maximum atomic E-state index is 13.0. The van der Waals surface area contributed by atoms with Crippen LogP contribution in [0.3, 0.4) is 0 Å². The van der Waals surface area contributed by atoms with Gasteiger partial charge in [0.15, 0.2) is 0 Å². The largest absolute Gasteiger partial charge is 0.457 e. The third-order valence-corrected chi connectivity index (χ3v) is 3.35. The van der Waals surface area contributed by atoms with Crippen molar-refractivity contribution in [3.8, 4) is 0 Å². The Hall–Kier alpha value is -2.13. The molecule has 0 atom stereocenters. The Labute approximate surface area is 131 Å². The summed E-state index contributed by atoms with van der Waals surface area (Å²) in [5, 5.41) is 0. The van der Waals surface area contributed by atoms with Crippen molar-refractivity contribution in [2.45, 2.75) is 32.0 Å². The van der Waals surface area contributed by atoms with Crippen molar-refractivity contribution < 1.29 is 14.3 Å². The van der Waals surface area contributed by atoms with E-state index in [0.717, 1.165) is 11.1 Å². The van der Waals surface area contributed by atoms with Crippen molar-refractivity contribution in [1.29, 1.82) is 0 Å². The zero-order valence-electron chi connectivity index (χ0n) is 13.5. The molecule has 2 rings (SSSR count). The van der Waals surface area contributed by atoms with Gasteiger partial charge >= 0.3 is 5.97 Å². The number of hydrogen-bond donors (Lipinski definition) is 0. The lowest BCUT2D eigenvalue weighted by Crippen LogP contribution is -2.43. The first-order valence-corrected chi connectivity index (χ1v) is 7.30. The van der Waals surface area contributed by atoms with Gasteiger partial charge in [-0.25, -0.2) is 4.79 Å². The van der Waals surface area contributed by atoms with E-state index in [1.54, 1.807) is 0 Å². The molecule has 2 aromatic rings. The lowest BCUT2D eigenvalue weighted by Gasteiger charge is -2.34. The summed E-state index contributed by atoms with van der Waals surface area (Å²) in [6, 6.07) is 18.9. The summed E-state index contributed by atoms with van der Waals surface area (Å²) in [6.07, 6.45) is 0. The van der Waals surface area contributed by atoms with Gasteiger partial charge in [-0.05, 0) is 31.9 Å². The highest BCUT2D eigenvalue weighted by Gasteiger charge is 2.45. The average molecular weight is 298 g/mol. The van der Waals surface area contributed by atoms with E-state index < -0.39 is 17.2 Å². The molecule has 0 aliphatic heterocycles. The SMILES string of the molecule is COC(C(=O)OC(C)(C)C)(c1ccccc1)c1ccccc1. The van der Waals surface area contributed by atoms with Crippen LogP contribution in [-0.4, -0.2) is 18.7 Å². The second-order valence-electron chi connectivity index (χ2n) is 6.12. The average Bonchev–Trinajstić information content (AvgIpc) is 2.49. The zero-order chi connectivity index (χ0) is 16.2. The number of hydrogen-bond acceptors (Lipinski definition) is 3. The van der Waals surface area contributed by atoms with Gasteiger partial charge in [-0.2, -0.15) is 0 Å². The van der Waals surface area contributed by atoms with Crippen LogP contribution in [0, 0.1) is 0 Å². The quantitative estimate of drug-likeness (QED) is 0.803. The third kappa shape index (κ3) is 3.20. The van der Waals surface area contributed by atoms with E-state index in [1.807, 2.05) is 81.4 Å². The summed E-state index contributed by atoms with van der Waals surface area (Å²) < 4.78 is 11.4. The van der Waals surface area contributed by atoms with Gasteiger partial charge in [0.2, 0.25) is 5.60 Å². The molecule has 0 fully saturated rings. The Morgan fingerprint density at radius 1 is 0.818 bits per heavy atom. The third-order valence-electron chi connectivity index (χ3n) is 3.35. The van der Waals surface area contributed by atoms with E-state index in [-0.39, 0.29) is 0 Å². The van der Waals surface area contributed by atoms with E-state index in [0.29, 0.717) is 0 Å². The second-order valence-corrected chi connectivity index (χ2v) is 6.12. The number of rotatable bonds is 4. The molecule has 0 aliphatic rings. The Morgan fingerprint density at radius 3 is 1.55 bits per heavy atom. The van der Waals surface area contributed by atoms with Crippen LogP contribution in [0.25, 0.3) is 0 Å². The molecule has 0 aromatic heterocycles. The molecule has 22 heavy (non-hydrogen) atoms. The van der Waals surface area contributed by atoms with Crippen molar-refractivity contribution in [2.24, 2.45) is 0 Å². The van der Waals surface area contributed by atoms with E-state index in [1.165, 1.54) is 7.11 Å². The molecule has 0 aliphatic carbocycles. The Balaban J connectivity index is 2.60. The summed E-state index contributed by atoms with van der Waals surface area (Å²) >= 11 is 0. The van der Waals surface area contributed by atoms with Gasteiger partial charge in [-0.1, -0.05) is 60.7 Å². The second kappa shape index (κ2) is 6.32. The number of ether oxygens (including phenoxy) is 2. The summed E-state index contributed by atoms with van der Waals surface area (Å²) in [6.45, 7) is 5.55. The van der Waals surface area contributed by atoms with Crippen LogP contribution in [0.15, 0.2) is 60.7 Å². The number of benzene rings is 2. The summed E-state index contributed by atoms with van der Waals surface area (Å²) in [7, 11) is 1.53. The maximum absolute atomic E-state index is 13.0. The first-order chi connectivity index (χ1) is 10.4. The molecule has 0 unspecified atom stereocenters. The molecule has 0 N–H and O–H groups in total. The lowest BCUT2D eigenvalue weighted by atomic mass is 9.86. The molecule has 3 nitrogen and oxygen atoms in total. The van der Waals surface area contributed by atoms with Crippen molar-refractivity contribution in [2.75, 3.05) is 7.11 Å². The normalized spacial score (nSPS) is 12.0. The van der Waals surface area contributed by atoms with Gasteiger partial charge in [0, 0.05) is 7.11 Å². The van der Waals surface area contributed by atoms with Gasteiger partial charge in [0.05, 0.1) is 0 Å².